The molecule has 0 saturated heterocycles. The third-order valence-electron chi connectivity index (χ3n) is 3.03. The van der Waals surface area contributed by atoms with Gasteiger partial charge in [-0.2, -0.15) is 0 Å². The monoisotopic (exact) mass is 278 g/mol. The fourth-order valence-electron chi connectivity index (χ4n) is 1.98. The Morgan fingerprint density at radius 1 is 1.40 bits per heavy atom. The molecule has 20 heavy (non-hydrogen) atoms. The Morgan fingerprint density at radius 2 is 2.10 bits per heavy atom. The van der Waals surface area contributed by atoms with Crippen molar-refractivity contribution in [2.24, 2.45) is 0 Å². The Hall–Kier alpha value is -2.41. The second-order valence-corrected chi connectivity index (χ2v) is 4.63. The first-order chi connectivity index (χ1) is 9.38. The van der Waals surface area contributed by atoms with E-state index in [-0.39, 0.29) is 17.9 Å². The Balaban J connectivity index is 2.16. The number of carboxylic acid groups (broad SMARTS) is 1. The number of anilines is 1. The third kappa shape index (κ3) is 2.77. The molecular weight excluding hydrogens is 264 g/mol. The molecule has 4 N–H and O–H groups in total. The van der Waals surface area contributed by atoms with Crippen molar-refractivity contribution in [3.8, 4) is 0 Å². The Labute approximate surface area is 114 Å². The molecule has 7 heteroatoms. The Kier molecular flexibility index (Phi) is 3.71. The van der Waals surface area contributed by atoms with Crippen molar-refractivity contribution < 1.29 is 24.6 Å². The van der Waals surface area contributed by atoms with Crippen molar-refractivity contribution in [3.05, 3.63) is 29.3 Å². The maximum Gasteiger partial charge on any atom is 0.328 e. The highest BCUT2D eigenvalue weighted by atomic mass is 16.4. The van der Waals surface area contributed by atoms with E-state index in [9.17, 15) is 19.5 Å². The van der Waals surface area contributed by atoms with Crippen molar-refractivity contribution in [1.29, 1.82) is 0 Å². The van der Waals surface area contributed by atoms with Crippen LogP contribution in [0.25, 0.3) is 0 Å². The van der Waals surface area contributed by atoms with Gasteiger partial charge < -0.3 is 20.8 Å². The van der Waals surface area contributed by atoms with Crippen LogP contribution in [0.4, 0.5) is 5.69 Å². The summed E-state index contributed by atoms with van der Waals surface area (Å²) in [6.07, 6.45) is -1.02. The molecule has 7 nitrogen and oxygen atoms in total. The van der Waals surface area contributed by atoms with Crippen molar-refractivity contribution in [3.63, 3.8) is 0 Å². The zero-order chi connectivity index (χ0) is 14.9. The molecule has 106 valence electrons. The van der Waals surface area contributed by atoms with Crippen LogP contribution in [0.2, 0.25) is 0 Å². The SMILES string of the molecule is CC(O)C(NC(=O)c1ccc2c(c1)CC(=O)N2)C(=O)O. The van der Waals surface area contributed by atoms with E-state index < -0.39 is 24.0 Å². The van der Waals surface area contributed by atoms with Gasteiger partial charge in [0.25, 0.3) is 5.91 Å². The summed E-state index contributed by atoms with van der Waals surface area (Å²) in [7, 11) is 0. The molecule has 0 spiro atoms. The fourth-order valence-corrected chi connectivity index (χ4v) is 1.98. The Morgan fingerprint density at radius 3 is 2.70 bits per heavy atom. The fraction of sp³-hybridized carbons (Fsp3) is 0.308. The molecule has 2 rings (SSSR count). The number of carboxylic acids is 1. The van der Waals surface area contributed by atoms with Gasteiger partial charge in [-0.05, 0) is 30.7 Å². The van der Waals surface area contributed by atoms with Gasteiger partial charge in [-0.15, -0.1) is 0 Å². The highest BCUT2D eigenvalue weighted by molar-refractivity contribution is 6.02. The van der Waals surface area contributed by atoms with Crippen LogP contribution in [0.3, 0.4) is 0 Å². The number of hydrogen-bond donors (Lipinski definition) is 4. The summed E-state index contributed by atoms with van der Waals surface area (Å²) in [6.45, 7) is 1.28. The molecule has 2 amide bonds. The lowest BCUT2D eigenvalue weighted by Crippen LogP contribution is -2.47. The largest absolute Gasteiger partial charge is 0.480 e. The van der Waals surface area contributed by atoms with E-state index in [1.165, 1.54) is 19.1 Å². The van der Waals surface area contributed by atoms with Crippen LogP contribution in [0.1, 0.15) is 22.8 Å². The second-order valence-electron chi connectivity index (χ2n) is 4.63. The van der Waals surface area contributed by atoms with Gasteiger partial charge in [0.15, 0.2) is 6.04 Å². The van der Waals surface area contributed by atoms with Crippen LogP contribution < -0.4 is 10.6 Å². The minimum atomic E-state index is -1.38. The zero-order valence-electron chi connectivity index (χ0n) is 10.7. The lowest BCUT2D eigenvalue weighted by molar-refractivity contribution is -0.141. The van der Waals surface area contributed by atoms with E-state index >= 15 is 0 Å². The molecule has 2 atom stereocenters. The molecule has 1 aliphatic heterocycles. The summed E-state index contributed by atoms with van der Waals surface area (Å²) in [5.41, 5.74) is 1.58. The number of fused-ring (bicyclic) bond motifs is 1. The van der Waals surface area contributed by atoms with Gasteiger partial charge in [-0.3, -0.25) is 9.59 Å². The molecule has 1 heterocycles. The van der Waals surface area contributed by atoms with Gasteiger partial charge in [0.2, 0.25) is 5.91 Å². The van der Waals surface area contributed by atoms with Gasteiger partial charge in [0.05, 0.1) is 12.5 Å². The summed E-state index contributed by atoms with van der Waals surface area (Å²) in [6, 6.07) is 3.23. The van der Waals surface area contributed by atoms with Crippen LogP contribution in [-0.4, -0.2) is 40.1 Å². The van der Waals surface area contributed by atoms with E-state index in [4.69, 9.17) is 5.11 Å². The normalized spacial score (nSPS) is 16.0. The number of benzene rings is 1. The maximum atomic E-state index is 12.0. The van der Waals surface area contributed by atoms with Gasteiger partial charge in [0, 0.05) is 11.3 Å². The van der Waals surface area contributed by atoms with E-state index in [1.54, 1.807) is 6.07 Å². The maximum absolute atomic E-state index is 12.0. The number of carbonyl (C=O) groups excluding carboxylic acids is 2. The molecule has 1 aliphatic rings. The molecule has 2 unspecified atom stereocenters. The standard InChI is InChI=1S/C13H14N2O5/c1-6(16)11(13(19)20)15-12(18)7-2-3-9-8(4-7)5-10(17)14-9/h2-4,6,11,16H,5H2,1H3,(H,14,17)(H,15,18)(H,19,20). The molecular formula is C13H14N2O5. The van der Waals surface area contributed by atoms with E-state index in [0.29, 0.717) is 11.3 Å². The molecule has 0 aromatic heterocycles. The second kappa shape index (κ2) is 5.30. The number of aliphatic hydroxyl groups is 1. The number of amides is 2. The minimum Gasteiger partial charge on any atom is -0.480 e. The topological polar surface area (TPSA) is 116 Å². The van der Waals surface area contributed by atoms with Gasteiger partial charge in [-0.1, -0.05) is 0 Å². The average Bonchev–Trinajstić information content (AvgIpc) is 2.73. The van der Waals surface area contributed by atoms with Crippen LogP contribution in [0.5, 0.6) is 0 Å². The van der Waals surface area contributed by atoms with Gasteiger partial charge in [0.1, 0.15) is 0 Å². The summed E-state index contributed by atoms with van der Waals surface area (Å²) in [5.74, 6) is -2.07. The molecule has 0 aliphatic carbocycles. The number of rotatable bonds is 4. The smallest absolute Gasteiger partial charge is 0.328 e. The number of hydrogen-bond acceptors (Lipinski definition) is 4. The van der Waals surface area contributed by atoms with Gasteiger partial charge >= 0.3 is 5.97 Å². The van der Waals surface area contributed by atoms with Crippen LogP contribution in [0, 0.1) is 0 Å². The lowest BCUT2D eigenvalue weighted by Gasteiger charge is -2.17. The molecule has 1 aromatic rings. The summed E-state index contributed by atoms with van der Waals surface area (Å²) >= 11 is 0. The lowest BCUT2D eigenvalue weighted by atomic mass is 10.1. The first kappa shape index (κ1) is 14.0. The van der Waals surface area contributed by atoms with Gasteiger partial charge in [-0.25, -0.2) is 4.79 Å². The van der Waals surface area contributed by atoms with Crippen molar-refractivity contribution in [1.82, 2.24) is 5.32 Å². The minimum absolute atomic E-state index is 0.148. The molecule has 0 fully saturated rings. The van der Waals surface area contributed by atoms with Crippen molar-refractivity contribution in [2.45, 2.75) is 25.5 Å². The van der Waals surface area contributed by atoms with E-state index in [2.05, 4.69) is 10.6 Å². The van der Waals surface area contributed by atoms with Crippen LogP contribution in [0.15, 0.2) is 18.2 Å². The van der Waals surface area contributed by atoms with Crippen molar-refractivity contribution in [2.75, 3.05) is 5.32 Å². The van der Waals surface area contributed by atoms with Crippen LogP contribution >= 0.6 is 0 Å². The zero-order valence-corrected chi connectivity index (χ0v) is 10.7. The molecule has 1 aromatic carbocycles. The highest BCUT2D eigenvalue weighted by Crippen LogP contribution is 2.23. The predicted octanol–water partition coefficient (Wildman–Crippen LogP) is -0.255. The summed E-state index contributed by atoms with van der Waals surface area (Å²) < 4.78 is 0. The first-order valence-corrected chi connectivity index (χ1v) is 6.03. The number of aliphatic hydroxyl groups excluding tert-OH is 1. The number of aliphatic carboxylic acids is 1. The van der Waals surface area contributed by atoms with Crippen molar-refractivity contribution >= 4 is 23.5 Å². The summed E-state index contributed by atoms with van der Waals surface area (Å²) in [4.78, 5) is 34.1. The molecule has 0 bridgehead atoms. The van der Waals surface area contributed by atoms with Crippen LogP contribution in [-0.2, 0) is 16.0 Å². The summed E-state index contributed by atoms with van der Waals surface area (Å²) in [5, 5.41) is 23.1. The molecule has 0 saturated carbocycles. The number of carbonyl (C=O) groups is 3. The quantitative estimate of drug-likeness (QED) is 0.606. The Bertz CT molecular complexity index is 582. The predicted molar refractivity (Wildman–Crippen MR) is 69.3 cm³/mol. The number of nitrogens with one attached hydrogen (secondary N) is 2. The molecule has 0 radical (unpaired) electrons. The first-order valence-electron chi connectivity index (χ1n) is 6.03. The van der Waals surface area contributed by atoms with E-state index in [0.717, 1.165) is 0 Å². The van der Waals surface area contributed by atoms with E-state index in [1.807, 2.05) is 0 Å². The third-order valence-corrected chi connectivity index (χ3v) is 3.03. The average molecular weight is 278 g/mol. The highest BCUT2D eigenvalue weighted by Gasteiger charge is 2.26.